The number of rotatable bonds is 17. The van der Waals surface area contributed by atoms with Crippen molar-refractivity contribution in [2.24, 2.45) is 10.8 Å². The number of benzene rings is 4. The van der Waals surface area contributed by atoms with Gasteiger partial charge in [0.25, 0.3) is 0 Å². The van der Waals surface area contributed by atoms with E-state index in [-0.39, 0.29) is 53.9 Å². The summed E-state index contributed by atoms with van der Waals surface area (Å²) < 4.78 is 62.2. The summed E-state index contributed by atoms with van der Waals surface area (Å²) in [7, 11) is -1.88. The maximum absolute atomic E-state index is 14.0. The molecule has 0 atom stereocenters. The maximum Gasteiger partial charge on any atom is 0.494 e. The molecule has 7 rings (SSSR count). The van der Waals surface area contributed by atoms with Gasteiger partial charge < -0.3 is 46.9 Å². The van der Waals surface area contributed by atoms with Crippen molar-refractivity contribution in [3.05, 3.63) is 119 Å². The van der Waals surface area contributed by atoms with Crippen LogP contribution in [0, 0.1) is 10.8 Å². The molecule has 3 aliphatic rings. The van der Waals surface area contributed by atoms with E-state index in [0.717, 1.165) is 28.4 Å². The van der Waals surface area contributed by atoms with Crippen molar-refractivity contribution in [3.63, 3.8) is 0 Å². The van der Waals surface area contributed by atoms with E-state index in [4.69, 9.17) is 46.9 Å². The van der Waals surface area contributed by atoms with Crippen molar-refractivity contribution in [2.45, 2.75) is 163 Å². The van der Waals surface area contributed by atoms with Crippen molar-refractivity contribution in [3.8, 4) is 5.75 Å². The van der Waals surface area contributed by atoms with Crippen molar-refractivity contribution in [1.82, 2.24) is 0 Å². The van der Waals surface area contributed by atoms with Crippen LogP contribution in [0.25, 0.3) is 0 Å². The Morgan fingerprint density at radius 2 is 0.676 bits per heavy atom. The molecule has 13 nitrogen and oxygen atoms in total. The number of carbonyl (C=O) groups excluding carboxylic acids is 3. The SMILES string of the molecule is CC(C)(C)CC(C)(C)c1ccc(OCC(COC(=O)c2ccc(B3OC(C)(C)C(C)(C)O3)cc2)(COC(=O)c2ccc(B3OC(C)(C)C(C)(C)O3)cc2)COC(=O)c2ccc(B3OC(C)(C)C(C)(C)O3)cc2)cc1. The van der Waals surface area contributed by atoms with Crippen LogP contribution in [0.15, 0.2) is 97.1 Å². The third-order valence-electron chi connectivity index (χ3n) is 15.7. The van der Waals surface area contributed by atoms with Gasteiger partial charge >= 0.3 is 39.3 Å². The molecule has 74 heavy (non-hydrogen) atoms. The molecule has 0 spiro atoms. The number of carbonyl (C=O) groups is 3. The van der Waals surface area contributed by atoms with Crippen LogP contribution in [0.4, 0.5) is 0 Å². The molecule has 0 N–H and O–H groups in total. The number of esters is 3. The predicted octanol–water partition coefficient (Wildman–Crippen LogP) is 9.23. The quantitative estimate of drug-likeness (QED) is 0.0564. The van der Waals surface area contributed by atoms with Gasteiger partial charge in [0.05, 0.1) is 50.3 Å². The van der Waals surface area contributed by atoms with E-state index < -0.39 is 78.3 Å². The lowest BCUT2D eigenvalue weighted by molar-refractivity contribution is -0.0543. The molecule has 4 aromatic carbocycles. The van der Waals surface area contributed by atoms with Crippen LogP contribution in [0.5, 0.6) is 5.75 Å². The molecule has 3 saturated heterocycles. The van der Waals surface area contributed by atoms with Crippen LogP contribution < -0.4 is 21.1 Å². The van der Waals surface area contributed by atoms with Crippen LogP contribution in [-0.2, 0) is 47.6 Å². The highest BCUT2D eigenvalue weighted by Crippen LogP contribution is 2.40. The normalized spacial score (nSPS) is 19.6. The minimum absolute atomic E-state index is 0.101. The van der Waals surface area contributed by atoms with Gasteiger partial charge in [0.2, 0.25) is 0 Å². The largest absolute Gasteiger partial charge is 0.494 e. The minimum Gasteiger partial charge on any atom is -0.493 e. The molecule has 0 unspecified atom stereocenters. The topological polar surface area (TPSA) is 144 Å². The fraction of sp³-hybridized carbons (Fsp3) is 0.534. The summed E-state index contributed by atoms with van der Waals surface area (Å²) in [5.74, 6) is -1.46. The summed E-state index contributed by atoms with van der Waals surface area (Å²) in [4.78, 5) is 42.0. The third kappa shape index (κ3) is 12.7. The lowest BCUT2D eigenvalue weighted by Gasteiger charge is -2.33. The van der Waals surface area contributed by atoms with Gasteiger partial charge in [-0.2, -0.15) is 0 Å². The van der Waals surface area contributed by atoms with Crippen molar-refractivity contribution < 1.29 is 61.3 Å². The van der Waals surface area contributed by atoms with Gasteiger partial charge in [-0.3, -0.25) is 0 Å². The van der Waals surface area contributed by atoms with Crippen molar-refractivity contribution >= 4 is 55.7 Å². The summed E-state index contributed by atoms with van der Waals surface area (Å²) in [6, 6.07) is 28.3. The highest BCUT2D eigenvalue weighted by molar-refractivity contribution is 6.63. The second kappa shape index (κ2) is 20.5. The molecule has 16 heteroatoms. The van der Waals surface area contributed by atoms with E-state index in [9.17, 15) is 14.4 Å². The number of hydrogen-bond acceptors (Lipinski definition) is 13. The molecule has 0 aliphatic carbocycles. The zero-order chi connectivity index (χ0) is 54.5. The van der Waals surface area contributed by atoms with Gasteiger partial charge in [0, 0.05) is 0 Å². The molecule has 3 aliphatic heterocycles. The smallest absolute Gasteiger partial charge is 0.493 e. The Morgan fingerprint density at radius 3 is 0.932 bits per heavy atom. The molecule has 0 radical (unpaired) electrons. The molecule has 3 heterocycles. The third-order valence-corrected chi connectivity index (χ3v) is 15.7. The summed E-state index contributed by atoms with van der Waals surface area (Å²) in [5, 5.41) is 0. The highest BCUT2D eigenvalue weighted by atomic mass is 16.7. The van der Waals surface area contributed by atoms with Crippen LogP contribution in [-0.4, -0.2) is 99.3 Å². The Bertz CT molecular complexity index is 2350. The van der Waals surface area contributed by atoms with E-state index >= 15 is 0 Å². The van der Waals surface area contributed by atoms with Gasteiger partial charge in [-0.15, -0.1) is 0 Å². The van der Waals surface area contributed by atoms with Crippen LogP contribution in [0.1, 0.15) is 161 Å². The van der Waals surface area contributed by atoms with Crippen LogP contribution in [0.3, 0.4) is 0 Å². The summed E-state index contributed by atoms with van der Waals surface area (Å²) >= 11 is 0. The Balaban J connectivity index is 1.16. The monoisotopic (exact) mass is 1010 g/mol. The molecule has 4 aromatic rings. The lowest BCUT2D eigenvalue weighted by Crippen LogP contribution is -2.44. The van der Waals surface area contributed by atoms with Crippen molar-refractivity contribution in [1.29, 1.82) is 0 Å². The standard InChI is InChI=1S/C58H77B3O13/c1-50(2,3)34-51(4,5)42-24-32-46(33-25-42)65-35-58(36-66-47(62)39-18-26-43(27-19-39)59-69-52(6,7)53(8,9)70-59,37-67-48(63)40-20-28-44(29-21-40)60-71-54(10,11)55(12,13)72-60)38-68-49(64)41-22-30-45(31-23-41)61-73-56(14,15)57(16,17)74-61/h18-33H,34-38H2,1-17H3. The van der Waals surface area contributed by atoms with E-state index in [0.29, 0.717) is 5.75 Å². The first-order valence-corrected chi connectivity index (χ1v) is 25.7. The molecule has 3 fully saturated rings. The molecular formula is C58H77B3O13. The number of ether oxygens (including phenoxy) is 4. The Morgan fingerprint density at radius 1 is 0.405 bits per heavy atom. The molecule has 0 amide bonds. The van der Waals surface area contributed by atoms with E-state index in [1.165, 1.54) is 0 Å². The van der Waals surface area contributed by atoms with E-state index in [2.05, 4.69) is 34.6 Å². The number of hydrogen-bond donors (Lipinski definition) is 0. The molecular weight excluding hydrogens is 937 g/mol. The summed E-state index contributed by atoms with van der Waals surface area (Å²) in [5.41, 5.74) is -0.612. The minimum atomic E-state index is -1.43. The van der Waals surface area contributed by atoms with E-state index in [1.54, 1.807) is 72.8 Å². The average Bonchev–Trinajstić information content (AvgIpc) is 3.79. The van der Waals surface area contributed by atoms with Crippen molar-refractivity contribution in [2.75, 3.05) is 26.4 Å². The summed E-state index contributed by atoms with van der Waals surface area (Å²) in [6.45, 7) is 33.5. The molecule has 0 bridgehead atoms. The first-order chi connectivity index (χ1) is 34.1. The van der Waals surface area contributed by atoms with E-state index in [1.807, 2.05) is 107 Å². The predicted molar refractivity (Wildman–Crippen MR) is 289 cm³/mol. The molecule has 0 saturated carbocycles. The summed E-state index contributed by atoms with van der Waals surface area (Å²) in [6.07, 6.45) is 0.953. The highest BCUT2D eigenvalue weighted by Gasteiger charge is 2.54. The zero-order valence-corrected chi connectivity index (χ0v) is 46.8. The first-order valence-electron chi connectivity index (χ1n) is 25.7. The van der Waals surface area contributed by atoms with Gasteiger partial charge in [0.1, 0.15) is 37.6 Å². The molecule has 0 aromatic heterocycles. The fourth-order valence-corrected chi connectivity index (χ4v) is 9.09. The van der Waals surface area contributed by atoms with Crippen LogP contribution >= 0.6 is 0 Å². The average molecular weight is 1010 g/mol. The van der Waals surface area contributed by atoms with Crippen LogP contribution in [0.2, 0.25) is 0 Å². The lowest BCUT2D eigenvalue weighted by atomic mass is 9.72. The van der Waals surface area contributed by atoms with Gasteiger partial charge in [-0.25, -0.2) is 14.4 Å². The Labute approximate surface area is 440 Å². The second-order valence-electron chi connectivity index (χ2n) is 25.3. The second-order valence-corrected chi connectivity index (χ2v) is 25.3. The zero-order valence-electron chi connectivity index (χ0n) is 46.8. The maximum atomic E-state index is 14.0. The van der Waals surface area contributed by atoms with Gasteiger partial charge in [-0.1, -0.05) is 83.1 Å². The Hall–Kier alpha value is -4.96. The van der Waals surface area contributed by atoms with Gasteiger partial charge in [0.15, 0.2) is 0 Å². The molecule has 396 valence electrons. The fourth-order valence-electron chi connectivity index (χ4n) is 9.09. The Kier molecular flexibility index (Phi) is 15.8. The van der Waals surface area contributed by atoms with Gasteiger partial charge in [-0.05, 0) is 171 Å². The first kappa shape index (κ1) is 56.8.